The van der Waals surface area contributed by atoms with E-state index in [9.17, 15) is 22.8 Å². The number of nitrogens with one attached hydrogen (secondary N) is 1. The molecule has 2 aliphatic heterocycles. The Morgan fingerprint density at radius 3 is 2.51 bits per heavy atom. The minimum atomic E-state index is -4.80. The second-order valence-corrected chi connectivity index (χ2v) is 10.5. The number of benzene rings is 2. The molecular weight excluding hydrogens is 567 g/mol. The lowest BCUT2D eigenvalue weighted by Crippen LogP contribution is -2.49. The van der Waals surface area contributed by atoms with Crippen molar-refractivity contribution in [2.45, 2.75) is 12.7 Å². The second kappa shape index (κ2) is 12.0. The highest BCUT2D eigenvalue weighted by atomic mass is 19.4. The Morgan fingerprint density at radius 2 is 1.84 bits per heavy atom. The number of methoxy groups -OCH3 is 1. The van der Waals surface area contributed by atoms with E-state index in [1.54, 1.807) is 44.2 Å². The van der Waals surface area contributed by atoms with Gasteiger partial charge in [-0.2, -0.15) is 18.2 Å². The highest BCUT2D eigenvalue weighted by Gasteiger charge is 2.37. The number of aromatic nitrogens is 2. The van der Waals surface area contributed by atoms with E-state index in [2.05, 4.69) is 25.1 Å². The fraction of sp³-hybridized carbons (Fsp3) is 0.379. The SMILES string of the molecule is COc1cc(N2CCN(CC(=O)N(C)C)CC2)ccc1Nc1ncc(C(F)(F)F)c(Oc2cccc3c2C(=O)N(C)C3)n1. The normalized spacial score (nSPS) is 15.4. The van der Waals surface area contributed by atoms with Crippen LogP contribution >= 0.6 is 0 Å². The van der Waals surface area contributed by atoms with Gasteiger partial charge in [0.25, 0.3) is 5.91 Å². The molecule has 3 heterocycles. The minimum absolute atomic E-state index is 0.0184. The number of likely N-dealkylation sites (N-methyl/N-ethyl adjacent to an activating group) is 1. The van der Waals surface area contributed by atoms with Gasteiger partial charge in [0.2, 0.25) is 17.7 Å². The predicted molar refractivity (Wildman–Crippen MR) is 153 cm³/mol. The molecule has 1 saturated heterocycles. The average Bonchev–Trinajstić information content (AvgIpc) is 3.26. The van der Waals surface area contributed by atoms with Gasteiger partial charge in [-0.25, -0.2) is 4.98 Å². The van der Waals surface area contributed by atoms with E-state index in [1.165, 1.54) is 18.1 Å². The average molecular weight is 600 g/mol. The van der Waals surface area contributed by atoms with E-state index in [-0.39, 0.29) is 29.1 Å². The van der Waals surface area contributed by atoms with Crippen LogP contribution < -0.4 is 19.7 Å². The molecular formula is C29H32F3N7O4. The molecule has 1 N–H and O–H groups in total. The van der Waals surface area contributed by atoms with Crippen molar-refractivity contribution in [2.75, 3.05) is 71.2 Å². The maximum absolute atomic E-state index is 13.9. The van der Waals surface area contributed by atoms with E-state index in [1.807, 2.05) is 12.1 Å². The summed E-state index contributed by atoms with van der Waals surface area (Å²) in [5.41, 5.74) is 1.01. The van der Waals surface area contributed by atoms with Crippen molar-refractivity contribution < 1.29 is 32.2 Å². The largest absolute Gasteiger partial charge is 0.494 e. The molecule has 2 amide bonds. The van der Waals surface area contributed by atoms with Crippen molar-refractivity contribution in [2.24, 2.45) is 0 Å². The van der Waals surface area contributed by atoms with Crippen LogP contribution in [-0.2, 0) is 17.5 Å². The molecule has 2 aromatic carbocycles. The summed E-state index contributed by atoms with van der Waals surface area (Å²) < 4.78 is 52.9. The van der Waals surface area contributed by atoms with Crippen LogP contribution in [-0.4, -0.2) is 97.5 Å². The molecule has 1 fully saturated rings. The number of carbonyl (C=O) groups excluding carboxylic acids is 2. The van der Waals surface area contributed by atoms with Crippen LogP contribution in [0.25, 0.3) is 0 Å². The van der Waals surface area contributed by atoms with Crippen molar-refractivity contribution in [1.82, 2.24) is 24.7 Å². The molecule has 0 unspecified atom stereocenters. The van der Waals surface area contributed by atoms with Crippen LogP contribution in [0.3, 0.4) is 0 Å². The molecule has 14 heteroatoms. The van der Waals surface area contributed by atoms with E-state index in [4.69, 9.17) is 9.47 Å². The van der Waals surface area contributed by atoms with Gasteiger partial charge < -0.3 is 29.5 Å². The van der Waals surface area contributed by atoms with E-state index < -0.39 is 17.6 Å². The lowest BCUT2D eigenvalue weighted by Gasteiger charge is -2.36. The molecule has 0 aliphatic carbocycles. The zero-order valence-electron chi connectivity index (χ0n) is 24.2. The quantitative estimate of drug-likeness (QED) is 0.414. The smallest absolute Gasteiger partial charge is 0.423 e. The van der Waals surface area contributed by atoms with Crippen molar-refractivity contribution in [3.63, 3.8) is 0 Å². The summed E-state index contributed by atoms with van der Waals surface area (Å²) in [5.74, 6) is -0.761. The third kappa shape index (κ3) is 6.43. The first-order valence-corrected chi connectivity index (χ1v) is 13.6. The number of ether oxygens (including phenoxy) is 2. The van der Waals surface area contributed by atoms with Crippen LogP contribution in [0, 0.1) is 0 Å². The zero-order valence-corrected chi connectivity index (χ0v) is 24.2. The number of amides is 2. The summed E-state index contributed by atoms with van der Waals surface area (Å²) in [4.78, 5) is 39.9. The van der Waals surface area contributed by atoms with Crippen molar-refractivity contribution in [3.05, 3.63) is 59.3 Å². The van der Waals surface area contributed by atoms with Crippen LogP contribution in [0.5, 0.6) is 17.4 Å². The summed E-state index contributed by atoms with van der Waals surface area (Å²) in [7, 11) is 6.56. The Hall–Kier alpha value is -4.59. The standard InChI is InChI=1S/C29H32F3N7O4/c1-36(2)24(40)17-38-10-12-39(13-11-38)19-8-9-21(23(14-19)42-4)34-28-33-15-20(29(30,31)32)26(35-28)43-22-7-5-6-18-16-37(3)27(41)25(18)22/h5-9,14-15H,10-13,16-17H2,1-4H3,(H,33,34,35). The number of hydrogen-bond acceptors (Lipinski definition) is 9. The third-order valence-corrected chi connectivity index (χ3v) is 7.37. The van der Waals surface area contributed by atoms with Gasteiger partial charge in [0, 0.05) is 71.8 Å². The van der Waals surface area contributed by atoms with E-state index in [0.717, 1.165) is 18.8 Å². The van der Waals surface area contributed by atoms with Gasteiger partial charge in [0.05, 0.1) is 24.9 Å². The highest BCUT2D eigenvalue weighted by molar-refractivity contribution is 6.00. The first kappa shape index (κ1) is 29.9. The van der Waals surface area contributed by atoms with Crippen LogP contribution in [0.15, 0.2) is 42.6 Å². The molecule has 0 saturated carbocycles. The van der Waals surface area contributed by atoms with Crippen molar-refractivity contribution >= 4 is 29.1 Å². The maximum Gasteiger partial charge on any atom is 0.423 e. The fourth-order valence-electron chi connectivity index (χ4n) is 4.95. The van der Waals surface area contributed by atoms with Crippen LogP contribution in [0.4, 0.5) is 30.5 Å². The Kier molecular flexibility index (Phi) is 8.31. The molecule has 43 heavy (non-hydrogen) atoms. The number of anilines is 3. The monoisotopic (exact) mass is 599 g/mol. The maximum atomic E-state index is 13.9. The Bertz CT molecular complexity index is 1520. The molecule has 5 rings (SSSR count). The molecule has 11 nitrogen and oxygen atoms in total. The number of nitrogens with zero attached hydrogens (tertiary/aromatic N) is 6. The molecule has 0 atom stereocenters. The zero-order chi connectivity index (χ0) is 30.9. The Labute approximate surface area is 246 Å². The lowest BCUT2D eigenvalue weighted by atomic mass is 10.1. The summed E-state index contributed by atoms with van der Waals surface area (Å²) in [6, 6.07) is 10.2. The summed E-state index contributed by atoms with van der Waals surface area (Å²) in [5, 5.41) is 2.93. The number of rotatable bonds is 8. The number of halogens is 3. The molecule has 0 radical (unpaired) electrons. The lowest BCUT2D eigenvalue weighted by molar-refractivity contribution is -0.139. The van der Waals surface area contributed by atoms with Gasteiger partial charge in [-0.15, -0.1) is 0 Å². The summed E-state index contributed by atoms with van der Waals surface area (Å²) in [6.45, 7) is 3.55. The highest BCUT2D eigenvalue weighted by Crippen LogP contribution is 2.40. The predicted octanol–water partition coefficient (Wildman–Crippen LogP) is 3.84. The topological polar surface area (TPSA) is 103 Å². The summed E-state index contributed by atoms with van der Waals surface area (Å²) in [6.07, 6.45) is -4.15. The molecule has 3 aromatic rings. The van der Waals surface area contributed by atoms with Gasteiger partial charge in [-0.1, -0.05) is 12.1 Å². The first-order chi connectivity index (χ1) is 20.4. The minimum Gasteiger partial charge on any atom is -0.494 e. The third-order valence-electron chi connectivity index (χ3n) is 7.37. The van der Waals surface area contributed by atoms with Gasteiger partial charge in [0.1, 0.15) is 17.1 Å². The Morgan fingerprint density at radius 1 is 1.09 bits per heavy atom. The fourth-order valence-corrected chi connectivity index (χ4v) is 4.95. The number of piperazine rings is 1. The first-order valence-electron chi connectivity index (χ1n) is 13.6. The van der Waals surface area contributed by atoms with E-state index in [0.29, 0.717) is 49.4 Å². The summed E-state index contributed by atoms with van der Waals surface area (Å²) >= 11 is 0. The molecule has 2 aliphatic rings. The van der Waals surface area contributed by atoms with Gasteiger partial charge in [0.15, 0.2) is 0 Å². The molecule has 0 bridgehead atoms. The molecule has 228 valence electrons. The van der Waals surface area contributed by atoms with Crippen molar-refractivity contribution in [1.29, 1.82) is 0 Å². The van der Waals surface area contributed by atoms with Crippen LogP contribution in [0.1, 0.15) is 21.5 Å². The number of alkyl halides is 3. The number of carbonyl (C=O) groups is 2. The second-order valence-electron chi connectivity index (χ2n) is 10.5. The molecule has 0 spiro atoms. The van der Waals surface area contributed by atoms with E-state index >= 15 is 0 Å². The Balaban J connectivity index is 1.35. The molecule has 1 aromatic heterocycles. The van der Waals surface area contributed by atoms with Gasteiger partial charge >= 0.3 is 6.18 Å². The van der Waals surface area contributed by atoms with Crippen molar-refractivity contribution in [3.8, 4) is 17.4 Å². The van der Waals surface area contributed by atoms with Crippen LogP contribution in [0.2, 0.25) is 0 Å². The number of fused-ring (bicyclic) bond motifs is 1. The number of hydrogen-bond donors (Lipinski definition) is 1. The van der Waals surface area contributed by atoms with Gasteiger partial charge in [-0.05, 0) is 23.8 Å². The van der Waals surface area contributed by atoms with Gasteiger partial charge in [-0.3, -0.25) is 14.5 Å².